The lowest BCUT2D eigenvalue weighted by atomic mass is 10.00. The van der Waals surface area contributed by atoms with Gasteiger partial charge in [-0.3, -0.25) is 9.69 Å². The fourth-order valence-electron chi connectivity index (χ4n) is 1.59. The summed E-state index contributed by atoms with van der Waals surface area (Å²) >= 11 is 0. The number of nitrogens with zero attached hydrogens (tertiary/aromatic N) is 1. The Morgan fingerprint density at radius 2 is 1.89 bits per heavy atom. The molecule has 108 valence electrons. The molecule has 5 nitrogen and oxygen atoms in total. The molecule has 0 spiro atoms. The normalized spacial score (nSPS) is 14.1. The Hall–Kier alpha value is -1.78. The summed E-state index contributed by atoms with van der Waals surface area (Å²) in [6.07, 6.45) is 2.51. The van der Waals surface area contributed by atoms with Crippen molar-refractivity contribution in [2.45, 2.75) is 39.3 Å². The van der Waals surface area contributed by atoms with E-state index in [1.165, 1.54) is 11.0 Å². The lowest BCUT2D eigenvalue weighted by molar-refractivity contribution is -0.124. The topological polar surface area (TPSA) is 72.6 Å². The van der Waals surface area contributed by atoms with Gasteiger partial charge in [-0.2, -0.15) is 0 Å². The first kappa shape index (κ1) is 17.2. The van der Waals surface area contributed by atoms with E-state index < -0.39 is 23.6 Å². The summed E-state index contributed by atoms with van der Waals surface area (Å²) in [5, 5.41) is 0. The van der Waals surface area contributed by atoms with Crippen LogP contribution >= 0.6 is 0 Å². The Kier molecular flexibility index (Phi) is 6.32. The van der Waals surface area contributed by atoms with E-state index in [-0.39, 0.29) is 12.5 Å². The van der Waals surface area contributed by atoms with Crippen molar-refractivity contribution in [2.24, 2.45) is 11.7 Å². The number of rotatable bonds is 6. The van der Waals surface area contributed by atoms with E-state index in [4.69, 9.17) is 10.5 Å². The highest BCUT2D eigenvalue weighted by Crippen LogP contribution is 2.17. The molecule has 0 saturated carbocycles. The minimum atomic E-state index is -0.801. The summed E-state index contributed by atoms with van der Waals surface area (Å²) in [6, 6.07) is -0.801. The molecule has 0 heterocycles. The van der Waals surface area contributed by atoms with Crippen molar-refractivity contribution in [3.05, 3.63) is 25.3 Å². The molecule has 0 aliphatic rings. The molecule has 0 radical (unpaired) electrons. The fourth-order valence-corrected chi connectivity index (χ4v) is 1.59. The van der Waals surface area contributed by atoms with Gasteiger partial charge in [-0.1, -0.05) is 19.1 Å². The number of ether oxygens (including phenoxy) is 1. The van der Waals surface area contributed by atoms with Crippen molar-refractivity contribution in [3.8, 4) is 0 Å². The van der Waals surface area contributed by atoms with E-state index >= 15 is 0 Å². The predicted octanol–water partition coefficient (Wildman–Crippen LogP) is 2.09. The number of carbonyl (C=O) groups is 2. The van der Waals surface area contributed by atoms with Gasteiger partial charge in [0.2, 0.25) is 5.91 Å². The second kappa shape index (κ2) is 6.97. The molecule has 0 aliphatic carbocycles. The number of carbonyl (C=O) groups excluding carboxylic acids is 2. The van der Waals surface area contributed by atoms with Gasteiger partial charge in [0.1, 0.15) is 11.6 Å². The molecule has 0 unspecified atom stereocenters. The van der Waals surface area contributed by atoms with Gasteiger partial charge in [-0.15, -0.1) is 13.2 Å². The molecular weight excluding hydrogens is 244 g/mol. The smallest absolute Gasteiger partial charge is 0.411 e. The van der Waals surface area contributed by atoms with Crippen molar-refractivity contribution < 1.29 is 14.3 Å². The van der Waals surface area contributed by atoms with Gasteiger partial charge < -0.3 is 10.5 Å². The van der Waals surface area contributed by atoms with Crippen molar-refractivity contribution in [1.29, 1.82) is 0 Å². The maximum absolute atomic E-state index is 12.1. The summed E-state index contributed by atoms with van der Waals surface area (Å²) in [5.74, 6) is -0.870. The van der Waals surface area contributed by atoms with E-state index in [0.29, 0.717) is 0 Å². The molecule has 0 aliphatic heterocycles. The summed E-state index contributed by atoms with van der Waals surface area (Å²) < 4.78 is 5.28. The minimum absolute atomic E-state index is 0.181. The zero-order chi connectivity index (χ0) is 15.2. The zero-order valence-corrected chi connectivity index (χ0v) is 12.2. The average Bonchev–Trinajstić information content (AvgIpc) is 2.25. The Labute approximate surface area is 115 Å². The van der Waals surface area contributed by atoms with E-state index in [9.17, 15) is 9.59 Å². The molecule has 2 amide bonds. The standard InChI is InChI=1S/C14H24N2O3/c1-7-9-16(13(18)19-14(4,5)6)11(12(15)17)10(3)8-2/h7-8,10-11H,1-2,9H2,3-6H3,(H2,15,17)/t10-,11+/m1/s1. The quantitative estimate of drug-likeness (QED) is 0.750. The summed E-state index contributed by atoms with van der Waals surface area (Å²) in [7, 11) is 0. The summed E-state index contributed by atoms with van der Waals surface area (Å²) in [6.45, 7) is 14.4. The summed E-state index contributed by atoms with van der Waals surface area (Å²) in [5.41, 5.74) is 4.73. The molecule has 19 heavy (non-hydrogen) atoms. The molecule has 0 aromatic rings. The minimum Gasteiger partial charge on any atom is -0.444 e. The number of amides is 2. The molecule has 0 bridgehead atoms. The molecule has 0 rings (SSSR count). The largest absolute Gasteiger partial charge is 0.444 e. The molecule has 2 N–H and O–H groups in total. The first-order valence-electron chi connectivity index (χ1n) is 6.16. The number of hydrogen-bond acceptors (Lipinski definition) is 3. The Bertz CT molecular complexity index is 358. The van der Waals surface area contributed by atoms with E-state index in [2.05, 4.69) is 13.2 Å². The van der Waals surface area contributed by atoms with Crippen LogP contribution in [-0.4, -0.2) is 35.1 Å². The van der Waals surface area contributed by atoms with Crippen LogP contribution in [0.3, 0.4) is 0 Å². The zero-order valence-electron chi connectivity index (χ0n) is 12.2. The first-order chi connectivity index (χ1) is 8.64. The highest BCUT2D eigenvalue weighted by Gasteiger charge is 2.33. The third kappa shape index (κ3) is 5.59. The van der Waals surface area contributed by atoms with Crippen LogP contribution in [0.1, 0.15) is 27.7 Å². The molecule has 0 aromatic heterocycles. The second-order valence-electron chi connectivity index (χ2n) is 5.36. The number of nitrogens with two attached hydrogens (primary N) is 1. The van der Waals surface area contributed by atoms with Crippen LogP contribution in [0.25, 0.3) is 0 Å². The third-order valence-electron chi connectivity index (χ3n) is 2.45. The van der Waals surface area contributed by atoms with Crippen LogP contribution < -0.4 is 5.73 Å². The van der Waals surface area contributed by atoms with Crippen LogP contribution in [-0.2, 0) is 9.53 Å². The van der Waals surface area contributed by atoms with Crippen molar-refractivity contribution in [1.82, 2.24) is 4.90 Å². The van der Waals surface area contributed by atoms with Crippen LogP contribution in [0.4, 0.5) is 4.79 Å². The maximum Gasteiger partial charge on any atom is 0.411 e. The van der Waals surface area contributed by atoms with E-state index in [1.807, 2.05) is 0 Å². The molecule has 0 saturated heterocycles. The fraction of sp³-hybridized carbons (Fsp3) is 0.571. The van der Waals surface area contributed by atoms with Gasteiger partial charge in [-0.25, -0.2) is 4.79 Å². The van der Waals surface area contributed by atoms with Crippen LogP contribution in [0, 0.1) is 5.92 Å². The SMILES string of the molecule is C=CCN(C(=O)OC(C)(C)C)[C@H](C(N)=O)[C@H](C)C=C. The van der Waals surface area contributed by atoms with Gasteiger partial charge in [0.05, 0.1) is 0 Å². The molecular formula is C14H24N2O3. The van der Waals surface area contributed by atoms with Gasteiger partial charge in [0, 0.05) is 12.5 Å². The van der Waals surface area contributed by atoms with Crippen LogP contribution in [0.5, 0.6) is 0 Å². The van der Waals surface area contributed by atoms with Gasteiger partial charge in [0.15, 0.2) is 0 Å². The lowest BCUT2D eigenvalue weighted by Gasteiger charge is -2.33. The van der Waals surface area contributed by atoms with E-state index in [0.717, 1.165) is 0 Å². The summed E-state index contributed by atoms with van der Waals surface area (Å²) in [4.78, 5) is 25.0. The number of primary amides is 1. The Morgan fingerprint density at radius 3 is 2.21 bits per heavy atom. The molecule has 0 aromatic carbocycles. The molecule has 0 fully saturated rings. The number of hydrogen-bond donors (Lipinski definition) is 1. The van der Waals surface area contributed by atoms with Crippen LogP contribution in [0.15, 0.2) is 25.3 Å². The Morgan fingerprint density at radius 1 is 1.37 bits per heavy atom. The van der Waals surface area contributed by atoms with Gasteiger partial charge in [-0.05, 0) is 20.8 Å². The molecule has 5 heteroatoms. The monoisotopic (exact) mass is 268 g/mol. The Balaban J connectivity index is 5.25. The van der Waals surface area contributed by atoms with Crippen molar-refractivity contribution in [3.63, 3.8) is 0 Å². The predicted molar refractivity (Wildman–Crippen MR) is 75.5 cm³/mol. The van der Waals surface area contributed by atoms with Crippen molar-refractivity contribution >= 4 is 12.0 Å². The molecule has 2 atom stereocenters. The second-order valence-corrected chi connectivity index (χ2v) is 5.36. The maximum atomic E-state index is 12.1. The average molecular weight is 268 g/mol. The van der Waals surface area contributed by atoms with Crippen molar-refractivity contribution in [2.75, 3.05) is 6.54 Å². The third-order valence-corrected chi connectivity index (χ3v) is 2.45. The van der Waals surface area contributed by atoms with E-state index in [1.54, 1.807) is 33.8 Å². The van der Waals surface area contributed by atoms with Gasteiger partial charge >= 0.3 is 6.09 Å². The highest BCUT2D eigenvalue weighted by molar-refractivity contribution is 5.85. The highest BCUT2D eigenvalue weighted by atomic mass is 16.6. The first-order valence-corrected chi connectivity index (χ1v) is 6.16. The van der Waals surface area contributed by atoms with Crippen LogP contribution in [0.2, 0.25) is 0 Å². The lowest BCUT2D eigenvalue weighted by Crippen LogP contribution is -2.52. The van der Waals surface area contributed by atoms with Gasteiger partial charge in [0.25, 0.3) is 0 Å².